The lowest BCUT2D eigenvalue weighted by molar-refractivity contribution is 0.229. The van der Waals surface area contributed by atoms with Crippen molar-refractivity contribution in [1.29, 1.82) is 5.26 Å². The van der Waals surface area contributed by atoms with Gasteiger partial charge in [-0.05, 0) is 26.0 Å². The quantitative estimate of drug-likeness (QED) is 0.794. The van der Waals surface area contributed by atoms with E-state index < -0.39 is 0 Å². The molecular formula is C11H12ClNO2. The van der Waals surface area contributed by atoms with Gasteiger partial charge in [-0.1, -0.05) is 11.6 Å². The molecule has 4 heteroatoms. The first-order valence-electron chi connectivity index (χ1n) is 4.53. The summed E-state index contributed by atoms with van der Waals surface area (Å²) >= 11 is 5.88. The van der Waals surface area contributed by atoms with E-state index in [1.54, 1.807) is 12.1 Å². The molecule has 0 aliphatic rings. The Balaban J connectivity index is 3.29. The molecule has 3 nitrogen and oxygen atoms in total. The second kappa shape index (κ2) is 4.90. The number of hydrogen-bond donors (Lipinski definition) is 0. The van der Waals surface area contributed by atoms with Gasteiger partial charge in [0.2, 0.25) is 0 Å². The van der Waals surface area contributed by atoms with Crippen LogP contribution in [0.2, 0.25) is 5.02 Å². The minimum atomic E-state index is -0.0375. The van der Waals surface area contributed by atoms with Gasteiger partial charge in [0.25, 0.3) is 0 Å². The molecule has 0 aliphatic heterocycles. The van der Waals surface area contributed by atoms with Crippen molar-refractivity contribution in [1.82, 2.24) is 0 Å². The minimum Gasteiger partial charge on any atom is -0.493 e. The zero-order valence-electron chi connectivity index (χ0n) is 8.87. The van der Waals surface area contributed by atoms with Gasteiger partial charge in [0.15, 0.2) is 11.5 Å². The number of methoxy groups -OCH3 is 1. The van der Waals surface area contributed by atoms with Crippen molar-refractivity contribution in [3.05, 3.63) is 22.7 Å². The summed E-state index contributed by atoms with van der Waals surface area (Å²) in [6.07, 6.45) is -0.0375. The van der Waals surface area contributed by atoms with Gasteiger partial charge in [0.1, 0.15) is 11.6 Å². The SMILES string of the molecule is COc1ccc(Cl)c(C#N)c1OC(C)C. The van der Waals surface area contributed by atoms with Gasteiger partial charge in [-0.2, -0.15) is 5.26 Å². The van der Waals surface area contributed by atoms with Gasteiger partial charge >= 0.3 is 0 Å². The van der Waals surface area contributed by atoms with E-state index in [-0.39, 0.29) is 6.10 Å². The minimum absolute atomic E-state index is 0.0375. The number of nitrogens with zero attached hydrogens (tertiary/aromatic N) is 1. The highest BCUT2D eigenvalue weighted by molar-refractivity contribution is 6.32. The standard InChI is InChI=1S/C11H12ClNO2/c1-7(2)15-11-8(6-13)9(12)4-5-10(11)14-3/h4-5,7H,1-3H3. The van der Waals surface area contributed by atoms with Crippen LogP contribution < -0.4 is 9.47 Å². The molecule has 0 bridgehead atoms. The first kappa shape index (κ1) is 11.7. The predicted molar refractivity (Wildman–Crippen MR) is 58.5 cm³/mol. The number of rotatable bonds is 3. The Hall–Kier alpha value is -1.40. The van der Waals surface area contributed by atoms with Crippen molar-refractivity contribution in [3.63, 3.8) is 0 Å². The van der Waals surface area contributed by atoms with E-state index in [1.165, 1.54) is 7.11 Å². The van der Waals surface area contributed by atoms with E-state index in [0.29, 0.717) is 22.1 Å². The predicted octanol–water partition coefficient (Wildman–Crippen LogP) is 3.01. The van der Waals surface area contributed by atoms with Crippen LogP contribution in [0.15, 0.2) is 12.1 Å². The molecule has 1 rings (SSSR count). The third kappa shape index (κ3) is 2.54. The fraction of sp³-hybridized carbons (Fsp3) is 0.364. The van der Waals surface area contributed by atoms with Crippen molar-refractivity contribution in [3.8, 4) is 17.6 Å². The van der Waals surface area contributed by atoms with Crippen LogP contribution in [0.5, 0.6) is 11.5 Å². The van der Waals surface area contributed by atoms with Gasteiger partial charge in [0.05, 0.1) is 18.2 Å². The maximum atomic E-state index is 8.96. The van der Waals surface area contributed by atoms with E-state index in [2.05, 4.69) is 0 Å². The second-order valence-corrected chi connectivity index (χ2v) is 3.64. The summed E-state index contributed by atoms with van der Waals surface area (Å²) in [5.74, 6) is 0.923. The van der Waals surface area contributed by atoms with E-state index >= 15 is 0 Å². The maximum absolute atomic E-state index is 8.96. The molecular weight excluding hydrogens is 214 g/mol. The Labute approximate surface area is 94.2 Å². The van der Waals surface area contributed by atoms with E-state index in [4.69, 9.17) is 26.3 Å². The van der Waals surface area contributed by atoms with Crippen molar-refractivity contribution in [2.75, 3.05) is 7.11 Å². The summed E-state index contributed by atoms with van der Waals surface area (Å²) in [6, 6.07) is 5.31. The molecule has 0 amide bonds. The summed E-state index contributed by atoms with van der Waals surface area (Å²) in [7, 11) is 1.53. The maximum Gasteiger partial charge on any atom is 0.180 e. The zero-order chi connectivity index (χ0) is 11.4. The van der Waals surface area contributed by atoms with Crippen LogP contribution >= 0.6 is 11.6 Å². The van der Waals surface area contributed by atoms with E-state index in [9.17, 15) is 0 Å². The van der Waals surface area contributed by atoms with Gasteiger partial charge in [-0.25, -0.2) is 0 Å². The molecule has 1 aromatic carbocycles. The number of halogens is 1. The Morgan fingerprint density at radius 1 is 1.40 bits per heavy atom. The number of nitriles is 1. The van der Waals surface area contributed by atoms with Crippen LogP contribution in [-0.4, -0.2) is 13.2 Å². The molecule has 0 unspecified atom stereocenters. The van der Waals surface area contributed by atoms with Crippen LogP contribution in [-0.2, 0) is 0 Å². The van der Waals surface area contributed by atoms with E-state index in [1.807, 2.05) is 19.9 Å². The van der Waals surface area contributed by atoms with Crippen molar-refractivity contribution in [2.24, 2.45) is 0 Å². The highest BCUT2D eigenvalue weighted by Gasteiger charge is 2.15. The Morgan fingerprint density at radius 3 is 2.53 bits per heavy atom. The summed E-state index contributed by atoms with van der Waals surface area (Å²) in [6.45, 7) is 3.75. The second-order valence-electron chi connectivity index (χ2n) is 3.23. The van der Waals surface area contributed by atoms with E-state index in [0.717, 1.165) is 0 Å². The fourth-order valence-corrected chi connectivity index (χ4v) is 1.35. The molecule has 0 aromatic heterocycles. The monoisotopic (exact) mass is 225 g/mol. The molecule has 0 heterocycles. The molecule has 0 atom stereocenters. The van der Waals surface area contributed by atoms with Crippen LogP contribution in [0.3, 0.4) is 0 Å². The highest BCUT2D eigenvalue weighted by atomic mass is 35.5. The lowest BCUT2D eigenvalue weighted by atomic mass is 10.2. The van der Waals surface area contributed by atoms with Crippen molar-refractivity contribution in [2.45, 2.75) is 20.0 Å². The van der Waals surface area contributed by atoms with Gasteiger partial charge in [0, 0.05) is 0 Å². The first-order chi connectivity index (χ1) is 7.10. The summed E-state index contributed by atoms with van der Waals surface area (Å²) in [5, 5.41) is 9.33. The molecule has 1 aromatic rings. The van der Waals surface area contributed by atoms with Gasteiger partial charge in [-0.3, -0.25) is 0 Å². The van der Waals surface area contributed by atoms with Crippen LogP contribution in [0.4, 0.5) is 0 Å². The van der Waals surface area contributed by atoms with Crippen LogP contribution in [0.25, 0.3) is 0 Å². The average molecular weight is 226 g/mol. The largest absolute Gasteiger partial charge is 0.493 e. The molecule has 15 heavy (non-hydrogen) atoms. The molecule has 0 saturated heterocycles. The fourth-order valence-electron chi connectivity index (χ4n) is 1.16. The number of benzene rings is 1. The first-order valence-corrected chi connectivity index (χ1v) is 4.91. The number of ether oxygens (including phenoxy) is 2. The number of hydrogen-bond acceptors (Lipinski definition) is 3. The molecule has 0 saturated carbocycles. The summed E-state index contributed by atoms with van der Waals surface area (Å²) < 4.78 is 10.6. The Kier molecular flexibility index (Phi) is 3.81. The Morgan fingerprint density at radius 2 is 2.07 bits per heavy atom. The summed E-state index contributed by atoms with van der Waals surface area (Å²) in [4.78, 5) is 0. The average Bonchev–Trinajstić information content (AvgIpc) is 2.18. The Bertz CT molecular complexity index is 396. The lowest BCUT2D eigenvalue weighted by Crippen LogP contribution is -2.08. The molecule has 0 spiro atoms. The van der Waals surface area contributed by atoms with Crippen LogP contribution in [0.1, 0.15) is 19.4 Å². The van der Waals surface area contributed by atoms with Gasteiger partial charge < -0.3 is 9.47 Å². The van der Waals surface area contributed by atoms with Crippen LogP contribution in [0, 0.1) is 11.3 Å². The lowest BCUT2D eigenvalue weighted by Gasteiger charge is -2.15. The highest BCUT2D eigenvalue weighted by Crippen LogP contribution is 2.35. The molecule has 0 aliphatic carbocycles. The molecule has 0 fully saturated rings. The third-order valence-electron chi connectivity index (χ3n) is 1.76. The van der Waals surface area contributed by atoms with Gasteiger partial charge in [-0.15, -0.1) is 0 Å². The summed E-state index contributed by atoms with van der Waals surface area (Å²) in [5.41, 5.74) is 0.310. The van der Waals surface area contributed by atoms with Crippen molar-refractivity contribution < 1.29 is 9.47 Å². The smallest absolute Gasteiger partial charge is 0.180 e. The normalized spacial score (nSPS) is 9.87. The molecule has 0 N–H and O–H groups in total. The third-order valence-corrected chi connectivity index (χ3v) is 2.07. The molecule has 0 radical (unpaired) electrons. The van der Waals surface area contributed by atoms with Crippen molar-refractivity contribution >= 4 is 11.6 Å². The topological polar surface area (TPSA) is 42.2 Å². The molecule has 80 valence electrons. The zero-order valence-corrected chi connectivity index (χ0v) is 9.63.